The van der Waals surface area contributed by atoms with E-state index in [2.05, 4.69) is 19.6 Å². The molecule has 0 amide bonds. The molecule has 2 heterocycles. The average Bonchev–Trinajstić information content (AvgIpc) is 3.38. The molecule has 1 aliphatic carbocycles. The number of benzene rings is 1. The van der Waals surface area contributed by atoms with Gasteiger partial charge in [-0.2, -0.15) is 13.5 Å². The van der Waals surface area contributed by atoms with Crippen LogP contribution in [0.2, 0.25) is 0 Å². The van der Waals surface area contributed by atoms with Crippen LogP contribution in [0.5, 0.6) is 0 Å². The highest BCUT2D eigenvalue weighted by Gasteiger charge is 2.42. The number of aliphatic hydroxyl groups is 2. The molecule has 1 saturated carbocycles. The monoisotopic (exact) mass is 487 g/mol. The molecule has 0 spiro atoms. The summed E-state index contributed by atoms with van der Waals surface area (Å²) in [5.74, 6) is -1.02. The molecule has 12 heteroatoms. The molecule has 0 bridgehead atoms. The second-order valence-electron chi connectivity index (χ2n) is 8.14. The molecule has 3 aromatic rings. The molecule has 1 aromatic carbocycles. The lowest BCUT2D eigenvalue weighted by atomic mass is 10.1. The molecule has 1 fully saturated rings. The van der Waals surface area contributed by atoms with Crippen LogP contribution in [-0.4, -0.2) is 64.0 Å². The number of nitrogens with one attached hydrogen (secondary N) is 1. The number of anilines is 1. The number of aromatic nitrogens is 3. The number of rotatable bonds is 9. The van der Waals surface area contributed by atoms with Crippen molar-refractivity contribution in [3.63, 3.8) is 0 Å². The number of hydrogen-bond donors (Lipinski definition) is 4. The minimum absolute atomic E-state index is 0.194. The summed E-state index contributed by atoms with van der Waals surface area (Å²) in [5, 5.41) is 33.0. The molecule has 4 atom stereocenters. The predicted molar refractivity (Wildman–Crippen MR) is 122 cm³/mol. The van der Waals surface area contributed by atoms with Crippen molar-refractivity contribution < 1.29 is 27.6 Å². The Bertz CT molecular complexity index is 1250. The van der Waals surface area contributed by atoms with Gasteiger partial charge in [-0.3, -0.25) is 18.6 Å². The Balaban J connectivity index is 1.47. The second kappa shape index (κ2) is 9.99. The summed E-state index contributed by atoms with van der Waals surface area (Å²) in [6.45, 7) is 0.149. The smallest absolute Gasteiger partial charge is 0.333 e. The zero-order valence-electron chi connectivity index (χ0n) is 18.1. The maximum atomic E-state index is 13.2. The van der Waals surface area contributed by atoms with Crippen molar-refractivity contribution in [1.29, 1.82) is 0 Å². The van der Waals surface area contributed by atoms with Gasteiger partial charge >= 0.3 is 10.3 Å². The molecule has 4 rings (SSSR count). The average molecular weight is 488 g/mol. The Hall–Kier alpha value is -3.16. The molecule has 34 heavy (non-hydrogen) atoms. The van der Waals surface area contributed by atoms with Crippen molar-refractivity contribution in [2.24, 2.45) is 11.1 Å². The minimum atomic E-state index is -4.17. The van der Waals surface area contributed by atoms with Crippen LogP contribution in [0.25, 0.3) is 0 Å². The normalized spacial score (nSPS) is 22.6. The predicted octanol–water partition coefficient (Wildman–Crippen LogP) is 0.300. The third kappa shape index (κ3) is 5.66. The van der Waals surface area contributed by atoms with E-state index >= 15 is 0 Å². The van der Waals surface area contributed by atoms with Crippen LogP contribution < -0.4 is 10.5 Å². The Kier molecular flexibility index (Phi) is 7.05. The lowest BCUT2D eigenvalue weighted by molar-refractivity contribution is 0.00781. The van der Waals surface area contributed by atoms with E-state index in [0.29, 0.717) is 12.2 Å². The Morgan fingerprint density at radius 3 is 2.68 bits per heavy atom. The second-order valence-corrected chi connectivity index (χ2v) is 9.36. The van der Waals surface area contributed by atoms with Crippen molar-refractivity contribution in [1.82, 2.24) is 14.8 Å². The number of aliphatic hydroxyl groups excluding tert-OH is 2. The van der Waals surface area contributed by atoms with Gasteiger partial charge in [0.1, 0.15) is 11.8 Å². The summed E-state index contributed by atoms with van der Waals surface area (Å²) in [6.07, 6.45) is 2.37. The summed E-state index contributed by atoms with van der Waals surface area (Å²) in [5.41, 5.74) is 1.93. The summed E-state index contributed by atoms with van der Waals surface area (Å²) in [6, 6.07) is 12.3. The number of ketones is 1. The van der Waals surface area contributed by atoms with Crippen molar-refractivity contribution >= 4 is 21.8 Å². The quantitative estimate of drug-likeness (QED) is 0.310. The number of pyridine rings is 1. The van der Waals surface area contributed by atoms with Crippen LogP contribution in [0.3, 0.4) is 0 Å². The molecule has 0 radical (unpaired) electrons. The molecular formula is C22H25N5O6S. The highest BCUT2D eigenvalue weighted by molar-refractivity contribution is 7.84. The third-order valence-electron chi connectivity index (χ3n) is 5.72. The Morgan fingerprint density at radius 1 is 1.18 bits per heavy atom. The van der Waals surface area contributed by atoms with Gasteiger partial charge in [0.2, 0.25) is 5.78 Å². The zero-order valence-corrected chi connectivity index (χ0v) is 18.9. The number of carbonyl (C=O) groups is 1. The van der Waals surface area contributed by atoms with Crippen molar-refractivity contribution in [3.05, 3.63) is 77.9 Å². The van der Waals surface area contributed by atoms with Crippen molar-refractivity contribution in [3.8, 4) is 0 Å². The van der Waals surface area contributed by atoms with Crippen LogP contribution >= 0.6 is 0 Å². The third-order valence-corrected chi connectivity index (χ3v) is 6.18. The SMILES string of the molecule is NS(=O)(=O)OCC1C[C@@H](Nc2ccncc2C(=O)c2ccn(Cc3ccccc3)n2)[C@H](O)[C@@H]1O. The highest BCUT2D eigenvalue weighted by Crippen LogP contribution is 2.31. The number of hydrogen-bond acceptors (Lipinski definition) is 9. The van der Waals surface area contributed by atoms with E-state index in [-0.39, 0.29) is 30.1 Å². The Morgan fingerprint density at radius 2 is 1.94 bits per heavy atom. The molecule has 0 aliphatic heterocycles. The lowest BCUT2D eigenvalue weighted by Gasteiger charge is -2.20. The fraction of sp³-hybridized carbons (Fsp3) is 0.318. The largest absolute Gasteiger partial charge is 0.390 e. The first kappa shape index (κ1) is 24.0. The molecule has 0 saturated heterocycles. The van der Waals surface area contributed by atoms with Gasteiger partial charge in [0.05, 0.1) is 30.9 Å². The van der Waals surface area contributed by atoms with Gasteiger partial charge < -0.3 is 15.5 Å². The summed E-state index contributed by atoms with van der Waals surface area (Å²) >= 11 is 0. The molecule has 5 N–H and O–H groups in total. The first-order valence-electron chi connectivity index (χ1n) is 10.6. The van der Waals surface area contributed by atoms with Gasteiger partial charge in [0.15, 0.2) is 0 Å². The van der Waals surface area contributed by atoms with Crippen molar-refractivity contribution in [2.45, 2.75) is 31.2 Å². The number of nitrogens with zero attached hydrogens (tertiary/aromatic N) is 3. The maximum absolute atomic E-state index is 13.2. The highest BCUT2D eigenvalue weighted by atomic mass is 32.2. The Labute approximate surface area is 196 Å². The van der Waals surface area contributed by atoms with Crippen LogP contribution in [0.15, 0.2) is 61.1 Å². The van der Waals surface area contributed by atoms with Gasteiger partial charge in [-0.05, 0) is 24.1 Å². The lowest BCUT2D eigenvalue weighted by Crippen LogP contribution is -2.36. The molecule has 11 nitrogen and oxygen atoms in total. The van der Waals surface area contributed by atoms with E-state index in [1.807, 2.05) is 30.3 Å². The summed E-state index contributed by atoms with van der Waals surface area (Å²) in [7, 11) is -4.17. The van der Waals surface area contributed by atoms with E-state index < -0.39 is 34.5 Å². The molecule has 1 unspecified atom stereocenters. The first-order chi connectivity index (χ1) is 16.2. The molecular weight excluding hydrogens is 462 g/mol. The van der Waals surface area contributed by atoms with Crippen LogP contribution in [0, 0.1) is 5.92 Å². The van der Waals surface area contributed by atoms with Gasteiger partial charge in [-0.1, -0.05) is 30.3 Å². The maximum Gasteiger partial charge on any atom is 0.333 e. The van der Waals surface area contributed by atoms with Crippen molar-refractivity contribution in [2.75, 3.05) is 11.9 Å². The summed E-state index contributed by atoms with van der Waals surface area (Å²) in [4.78, 5) is 17.2. The topological polar surface area (TPSA) is 170 Å². The van der Waals surface area contributed by atoms with Gasteiger partial charge in [-0.25, -0.2) is 5.14 Å². The number of carbonyl (C=O) groups excluding carboxylic acids is 1. The van der Waals surface area contributed by atoms with E-state index in [1.165, 1.54) is 12.4 Å². The molecule has 1 aliphatic rings. The van der Waals surface area contributed by atoms with E-state index in [0.717, 1.165) is 5.56 Å². The number of nitrogens with two attached hydrogens (primary N) is 1. The van der Waals surface area contributed by atoms with Crippen LogP contribution in [0.4, 0.5) is 5.69 Å². The van der Waals surface area contributed by atoms with Gasteiger partial charge in [0, 0.05) is 30.2 Å². The molecule has 180 valence electrons. The summed E-state index contributed by atoms with van der Waals surface area (Å²) < 4.78 is 28.3. The zero-order chi connectivity index (χ0) is 24.3. The van der Waals surface area contributed by atoms with Gasteiger partial charge in [-0.15, -0.1) is 0 Å². The van der Waals surface area contributed by atoms with E-state index in [1.54, 1.807) is 23.0 Å². The molecule has 2 aromatic heterocycles. The standard InChI is InChI=1S/C22H25N5O6S/c23-34(31,32)33-13-15-10-19(22(30)20(15)28)25-17-6-8-24-11-16(17)21(29)18-7-9-27(26-18)12-14-4-2-1-3-5-14/h1-9,11,15,19-20,22,28,30H,10,12-13H2,(H,24,25)(H2,23,31,32)/t15?,19-,20-,22+/m1/s1. The van der Waals surface area contributed by atoms with Crippen LogP contribution in [-0.2, 0) is 21.0 Å². The van der Waals surface area contributed by atoms with Crippen LogP contribution in [0.1, 0.15) is 28.0 Å². The minimum Gasteiger partial charge on any atom is -0.390 e. The fourth-order valence-electron chi connectivity index (χ4n) is 4.00. The fourth-order valence-corrected chi connectivity index (χ4v) is 4.36. The first-order valence-corrected chi connectivity index (χ1v) is 12.0. The van der Waals surface area contributed by atoms with Gasteiger partial charge in [0.25, 0.3) is 0 Å². The van der Waals surface area contributed by atoms with E-state index in [4.69, 9.17) is 5.14 Å². The van der Waals surface area contributed by atoms with E-state index in [9.17, 15) is 23.4 Å².